The second-order valence-electron chi connectivity index (χ2n) is 5.52. The molecule has 0 aliphatic rings. The number of hydrogen-bond acceptors (Lipinski definition) is 6. The van der Waals surface area contributed by atoms with Crippen LogP contribution in [0.15, 0.2) is 6.33 Å². The molecular formula is C14H21N7O2. The van der Waals surface area contributed by atoms with Crippen LogP contribution in [-0.2, 0) is 11.3 Å². The summed E-state index contributed by atoms with van der Waals surface area (Å²) in [7, 11) is 0. The lowest BCUT2D eigenvalue weighted by atomic mass is 10.1. The van der Waals surface area contributed by atoms with Crippen molar-refractivity contribution in [3.63, 3.8) is 0 Å². The van der Waals surface area contributed by atoms with Gasteiger partial charge in [0, 0.05) is 18.7 Å². The molecule has 9 heteroatoms. The third-order valence-electron chi connectivity index (χ3n) is 3.63. The average molecular weight is 319 g/mol. The van der Waals surface area contributed by atoms with Crippen LogP contribution < -0.4 is 5.32 Å². The van der Waals surface area contributed by atoms with Crippen LogP contribution in [0.5, 0.6) is 0 Å². The number of Topliss-reactive ketones (excluding diaryl/α,β-unsaturated/α-hetero) is 1. The number of aryl methyl sites for hydroxylation is 1. The van der Waals surface area contributed by atoms with Gasteiger partial charge in [-0.05, 0) is 38.1 Å². The molecule has 2 heterocycles. The summed E-state index contributed by atoms with van der Waals surface area (Å²) in [6.45, 7) is 8.05. The number of nitrogens with one attached hydrogen (secondary N) is 1. The first-order chi connectivity index (χ1) is 10.9. The fourth-order valence-corrected chi connectivity index (χ4v) is 2.62. The fourth-order valence-electron chi connectivity index (χ4n) is 2.62. The minimum atomic E-state index is -0.130. The Morgan fingerprint density at radius 2 is 2.09 bits per heavy atom. The van der Waals surface area contributed by atoms with Crippen LogP contribution >= 0.6 is 0 Å². The van der Waals surface area contributed by atoms with Crippen LogP contribution in [0.4, 0.5) is 0 Å². The summed E-state index contributed by atoms with van der Waals surface area (Å²) in [4.78, 5) is 23.7. The van der Waals surface area contributed by atoms with Gasteiger partial charge in [0.15, 0.2) is 5.78 Å². The zero-order valence-corrected chi connectivity index (χ0v) is 13.8. The number of carbonyl (C=O) groups excluding carboxylic acids is 2. The van der Waals surface area contributed by atoms with Crippen LogP contribution in [0.1, 0.15) is 48.1 Å². The number of carbonyl (C=O) groups is 2. The Hall–Kier alpha value is -2.58. The number of hydrogen-bond donors (Lipinski definition) is 1. The Balaban J connectivity index is 1.91. The summed E-state index contributed by atoms with van der Waals surface area (Å²) in [5, 5.41) is 18.0. The Morgan fingerprint density at radius 1 is 1.35 bits per heavy atom. The minimum Gasteiger partial charge on any atom is -0.354 e. The van der Waals surface area contributed by atoms with Crippen molar-refractivity contribution in [2.75, 3.05) is 6.54 Å². The molecule has 0 bridgehead atoms. The molecule has 1 atom stereocenters. The predicted molar refractivity (Wildman–Crippen MR) is 81.9 cm³/mol. The van der Waals surface area contributed by atoms with Crippen molar-refractivity contribution in [1.82, 2.24) is 35.3 Å². The van der Waals surface area contributed by atoms with Crippen molar-refractivity contribution in [2.45, 2.75) is 46.7 Å². The second kappa shape index (κ2) is 7.12. The van der Waals surface area contributed by atoms with Gasteiger partial charge in [-0.1, -0.05) is 0 Å². The monoisotopic (exact) mass is 319 g/mol. The number of ketones is 1. The Bertz CT molecular complexity index is 690. The van der Waals surface area contributed by atoms with Gasteiger partial charge in [-0.15, -0.1) is 5.10 Å². The maximum Gasteiger partial charge on any atom is 0.222 e. The highest BCUT2D eigenvalue weighted by atomic mass is 16.1. The van der Waals surface area contributed by atoms with Gasteiger partial charge in [-0.3, -0.25) is 14.3 Å². The number of aromatic nitrogens is 6. The molecule has 1 N–H and O–H groups in total. The summed E-state index contributed by atoms with van der Waals surface area (Å²) < 4.78 is 3.29. The maximum atomic E-state index is 12.0. The summed E-state index contributed by atoms with van der Waals surface area (Å²) in [5.74, 6) is -0.0909. The van der Waals surface area contributed by atoms with Gasteiger partial charge in [0.2, 0.25) is 5.91 Å². The van der Waals surface area contributed by atoms with E-state index < -0.39 is 0 Å². The van der Waals surface area contributed by atoms with Gasteiger partial charge >= 0.3 is 0 Å². The zero-order chi connectivity index (χ0) is 17.0. The van der Waals surface area contributed by atoms with Gasteiger partial charge in [0.05, 0.1) is 23.8 Å². The lowest BCUT2D eigenvalue weighted by molar-refractivity contribution is -0.121. The highest BCUT2D eigenvalue weighted by Crippen LogP contribution is 2.19. The third kappa shape index (κ3) is 3.99. The second-order valence-corrected chi connectivity index (χ2v) is 5.52. The lowest BCUT2D eigenvalue weighted by Crippen LogP contribution is -2.29. The third-order valence-corrected chi connectivity index (χ3v) is 3.63. The highest BCUT2D eigenvalue weighted by Gasteiger charge is 2.20. The first kappa shape index (κ1) is 16.8. The first-order valence-electron chi connectivity index (χ1n) is 7.44. The van der Waals surface area contributed by atoms with Crippen molar-refractivity contribution in [3.8, 4) is 0 Å². The van der Waals surface area contributed by atoms with Crippen molar-refractivity contribution >= 4 is 11.7 Å². The lowest BCUT2D eigenvalue weighted by Gasteiger charge is -2.14. The zero-order valence-electron chi connectivity index (χ0n) is 13.8. The molecule has 2 aromatic rings. The largest absolute Gasteiger partial charge is 0.354 e. The molecule has 23 heavy (non-hydrogen) atoms. The average Bonchev–Trinajstić information content (AvgIpc) is 3.06. The van der Waals surface area contributed by atoms with Crippen molar-refractivity contribution in [3.05, 3.63) is 23.3 Å². The number of rotatable bonds is 7. The molecule has 0 aliphatic heterocycles. The van der Waals surface area contributed by atoms with Crippen molar-refractivity contribution in [2.24, 2.45) is 0 Å². The minimum absolute atomic E-state index is 0.00987. The molecule has 2 aromatic heterocycles. The molecule has 124 valence electrons. The summed E-state index contributed by atoms with van der Waals surface area (Å²) in [6, 6.07) is -0.130. The molecule has 0 radical (unpaired) electrons. The van der Waals surface area contributed by atoms with E-state index in [-0.39, 0.29) is 24.2 Å². The molecule has 0 spiro atoms. The van der Waals surface area contributed by atoms with E-state index in [9.17, 15) is 9.59 Å². The Labute approximate surface area is 134 Å². The topological polar surface area (TPSA) is 108 Å². The van der Waals surface area contributed by atoms with Crippen molar-refractivity contribution in [1.29, 1.82) is 0 Å². The van der Waals surface area contributed by atoms with Gasteiger partial charge < -0.3 is 5.32 Å². The van der Waals surface area contributed by atoms with Gasteiger partial charge in [-0.25, -0.2) is 4.68 Å². The van der Waals surface area contributed by atoms with Crippen LogP contribution in [0, 0.1) is 13.8 Å². The summed E-state index contributed by atoms with van der Waals surface area (Å²) >= 11 is 0. The standard InChI is InChI=1S/C14H21N7O2/c1-9(21-11(3)14(12(4)22)10(2)17-21)7-13(23)15-5-6-20-8-16-18-19-20/h8-9H,5-7H2,1-4H3,(H,15,23)/t9-/m0/s1. The first-order valence-corrected chi connectivity index (χ1v) is 7.44. The van der Waals surface area contributed by atoms with E-state index in [2.05, 4.69) is 25.9 Å². The number of tetrazole rings is 1. The maximum absolute atomic E-state index is 12.0. The molecule has 0 saturated heterocycles. The highest BCUT2D eigenvalue weighted by molar-refractivity contribution is 5.96. The van der Waals surface area contributed by atoms with E-state index in [1.54, 1.807) is 16.3 Å². The Kier molecular flexibility index (Phi) is 5.20. The molecule has 0 unspecified atom stereocenters. The number of nitrogens with zero attached hydrogens (tertiary/aromatic N) is 6. The summed E-state index contributed by atoms with van der Waals surface area (Å²) in [6.07, 6.45) is 1.78. The SMILES string of the molecule is CC(=O)c1c(C)nn([C@@H](C)CC(=O)NCCn2cnnn2)c1C. The smallest absolute Gasteiger partial charge is 0.222 e. The van der Waals surface area contributed by atoms with E-state index in [4.69, 9.17) is 0 Å². The van der Waals surface area contributed by atoms with Gasteiger partial charge in [-0.2, -0.15) is 5.10 Å². The van der Waals surface area contributed by atoms with Crippen molar-refractivity contribution < 1.29 is 9.59 Å². The van der Waals surface area contributed by atoms with Crippen LogP contribution in [0.2, 0.25) is 0 Å². The van der Waals surface area contributed by atoms with E-state index in [0.717, 1.165) is 5.69 Å². The Morgan fingerprint density at radius 3 is 2.65 bits per heavy atom. The number of amides is 1. The summed E-state index contributed by atoms with van der Waals surface area (Å²) in [5.41, 5.74) is 2.13. The van der Waals surface area contributed by atoms with Gasteiger partial charge in [0.25, 0.3) is 0 Å². The quantitative estimate of drug-likeness (QED) is 0.743. The van der Waals surface area contributed by atoms with E-state index >= 15 is 0 Å². The molecular weight excluding hydrogens is 298 g/mol. The van der Waals surface area contributed by atoms with E-state index in [0.29, 0.717) is 24.3 Å². The molecule has 0 saturated carbocycles. The van der Waals surface area contributed by atoms with Crippen LogP contribution in [0.3, 0.4) is 0 Å². The van der Waals surface area contributed by atoms with Gasteiger partial charge in [0.1, 0.15) is 6.33 Å². The fraction of sp³-hybridized carbons (Fsp3) is 0.571. The normalized spacial score (nSPS) is 12.2. The molecule has 9 nitrogen and oxygen atoms in total. The molecule has 0 aliphatic carbocycles. The van der Waals surface area contributed by atoms with Crippen LogP contribution in [-0.4, -0.2) is 48.2 Å². The molecule has 2 rings (SSSR count). The van der Waals surface area contributed by atoms with E-state index in [1.807, 2.05) is 13.8 Å². The van der Waals surface area contributed by atoms with Crippen LogP contribution in [0.25, 0.3) is 0 Å². The van der Waals surface area contributed by atoms with E-state index in [1.165, 1.54) is 13.3 Å². The molecule has 1 amide bonds. The molecule has 0 fully saturated rings. The molecule has 0 aromatic carbocycles. The predicted octanol–water partition coefficient (Wildman–Crippen LogP) is 0.457.